The number of carboxylic acids is 1. The molecule has 3 unspecified atom stereocenters. The number of unbranched alkanes of at least 4 members (excludes halogenated alkanes) is 16. The van der Waals surface area contributed by atoms with Crippen molar-refractivity contribution in [3.05, 3.63) is 45.8 Å². The van der Waals surface area contributed by atoms with Gasteiger partial charge in [0.25, 0.3) is 0 Å². The van der Waals surface area contributed by atoms with Crippen molar-refractivity contribution in [3.8, 4) is 0 Å². The van der Waals surface area contributed by atoms with Gasteiger partial charge in [-0.2, -0.15) is 0 Å². The molecule has 0 fully saturated rings. The molecule has 0 aliphatic rings. The van der Waals surface area contributed by atoms with E-state index in [1.54, 1.807) is 0 Å². The highest BCUT2D eigenvalue weighted by atomic mass is 31.2. The molecule has 3 atom stereocenters. The van der Waals surface area contributed by atoms with Crippen LogP contribution in [-0.4, -0.2) is 59.9 Å². The maximum atomic E-state index is 12.7. The van der Waals surface area contributed by atoms with E-state index in [0.717, 1.165) is 132 Å². The number of hydrogen-bond acceptors (Lipinski definition) is 11. The van der Waals surface area contributed by atoms with Crippen LogP contribution in [0.2, 0.25) is 0 Å². The second-order valence-electron chi connectivity index (χ2n) is 16.7. The molecule has 13 nitrogen and oxygen atoms in total. The van der Waals surface area contributed by atoms with Gasteiger partial charge in [-0.3, -0.25) is 23.4 Å². The zero-order chi connectivity index (χ0) is 44.9. The molecule has 2 aromatic heterocycles. The van der Waals surface area contributed by atoms with Gasteiger partial charge in [0.1, 0.15) is 35.7 Å². The van der Waals surface area contributed by atoms with Crippen molar-refractivity contribution >= 4 is 25.7 Å². The quantitative estimate of drug-likeness (QED) is 0.0327. The molecule has 0 aromatic carbocycles. The number of carboxylic acid groups (broad SMARTS) is 1. The first-order valence-corrected chi connectivity index (χ1v) is 24.9. The largest absolute Gasteiger partial charge is 0.480 e. The molecule has 0 aliphatic heterocycles. The Morgan fingerprint density at radius 3 is 1.62 bits per heavy atom. The van der Waals surface area contributed by atoms with Gasteiger partial charge in [0.2, 0.25) is 0 Å². The van der Waals surface area contributed by atoms with Gasteiger partial charge in [0.15, 0.2) is 6.10 Å². The smallest absolute Gasteiger partial charge is 0.472 e. The summed E-state index contributed by atoms with van der Waals surface area (Å²) in [7, 11) is -4.74. The number of phosphoric acid groups is 1. The van der Waals surface area contributed by atoms with Gasteiger partial charge in [0.05, 0.1) is 13.2 Å². The fourth-order valence-corrected chi connectivity index (χ4v) is 7.98. The molecule has 14 heteroatoms. The zero-order valence-electron chi connectivity index (χ0n) is 38.2. The van der Waals surface area contributed by atoms with E-state index in [9.17, 15) is 23.8 Å². The maximum Gasteiger partial charge on any atom is 0.472 e. The summed E-state index contributed by atoms with van der Waals surface area (Å²) in [5.41, 5.74) is 9.20. The Morgan fingerprint density at radius 2 is 1.08 bits per heavy atom. The fraction of sp³-hybridized carbons (Fsp3) is 0.766. The van der Waals surface area contributed by atoms with Gasteiger partial charge in [0, 0.05) is 38.5 Å². The van der Waals surface area contributed by atoms with E-state index in [2.05, 4.69) is 45.2 Å². The molecule has 0 aliphatic carbocycles. The van der Waals surface area contributed by atoms with Gasteiger partial charge in [-0.15, -0.1) is 0 Å². The minimum Gasteiger partial charge on any atom is -0.480 e. The van der Waals surface area contributed by atoms with Crippen LogP contribution in [0, 0.1) is 20.8 Å². The lowest BCUT2D eigenvalue weighted by Gasteiger charge is -2.20. The normalized spacial score (nSPS) is 13.6. The topological polar surface area (TPSA) is 198 Å². The molecular weight excluding hydrogens is 801 g/mol. The van der Waals surface area contributed by atoms with E-state index in [1.807, 2.05) is 0 Å². The molecule has 0 saturated heterocycles. The highest BCUT2D eigenvalue weighted by molar-refractivity contribution is 7.47. The number of rotatable bonds is 38. The first-order valence-electron chi connectivity index (χ1n) is 23.4. The van der Waals surface area contributed by atoms with Crippen LogP contribution in [0.3, 0.4) is 0 Å². The van der Waals surface area contributed by atoms with E-state index in [0.29, 0.717) is 12.8 Å². The summed E-state index contributed by atoms with van der Waals surface area (Å²) in [4.78, 5) is 46.3. The first kappa shape index (κ1) is 54.2. The van der Waals surface area contributed by atoms with Crippen LogP contribution in [0.15, 0.2) is 14.9 Å². The Hall–Kier alpha value is -2.96. The molecule has 0 bridgehead atoms. The van der Waals surface area contributed by atoms with Crippen LogP contribution < -0.4 is 5.73 Å². The molecule has 2 aromatic rings. The average Bonchev–Trinajstić information content (AvgIpc) is 3.72. The van der Waals surface area contributed by atoms with Crippen LogP contribution in [0.25, 0.3) is 0 Å². The molecule has 0 radical (unpaired) electrons. The molecule has 0 spiro atoms. The first-order chi connectivity index (χ1) is 29.3. The number of carbonyl (C=O) groups is 3. The van der Waals surface area contributed by atoms with Crippen LogP contribution in [0.5, 0.6) is 0 Å². The van der Waals surface area contributed by atoms with Gasteiger partial charge in [-0.05, 0) is 82.1 Å². The summed E-state index contributed by atoms with van der Waals surface area (Å²) in [5.74, 6) is 2.03. The molecule has 4 N–H and O–H groups in total. The number of hydrogen-bond donors (Lipinski definition) is 3. The lowest BCUT2D eigenvalue weighted by atomic mass is 10.0. The van der Waals surface area contributed by atoms with Crippen LogP contribution in [-0.2, 0) is 63.2 Å². The van der Waals surface area contributed by atoms with E-state index < -0.39 is 51.1 Å². The van der Waals surface area contributed by atoms with Crippen molar-refractivity contribution in [2.45, 2.75) is 214 Å². The van der Waals surface area contributed by atoms with Crippen molar-refractivity contribution in [2.24, 2.45) is 5.73 Å². The number of aryl methyl sites for hydroxylation is 5. The van der Waals surface area contributed by atoms with Crippen LogP contribution >= 0.6 is 7.82 Å². The summed E-state index contributed by atoms with van der Waals surface area (Å²) < 4.78 is 45.2. The highest BCUT2D eigenvalue weighted by Crippen LogP contribution is 2.43. The Bertz CT molecular complexity index is 1570. The SMILES string of the molecule is CCCCCc1cc(C)c(CCCCCCCCC(=O)OC(COC(=O)CCCCCCCCCCc2oc(CCCCC)c(C)c2C)COP(=O)(O)OCC(N)C(=O)O)o1. The van der Waals surface area contributed by atoms with Crippen molar-refractivity contribution in [2.75, 3.05) is 19.8 Å². The number of aliphatic carboxylic acids is 1. The number of ether oxygens (including phenoxy) is 2. The van der Waals surface area contributed by atoms with Crippen molar-refractivity contribution < 1.29 is 56.3 Å². The molecule has 0 saturated carbocycles. The van der Waals surface area contributed by atoms with Crippen LogP contribution in [0.4, 0.5) is 0 Å². The predicted molar refractivity (Wildman–Crippen MR) is 238 cm³/mol. The summed E-state index contributed by atoms with van der Waals surface area (Å²) in [6.07, 6.45) is 24.0. The Balaban J connectivity index is 1.66. The monoisotopic (exact) mass is 882 g/mol. The molecule has 0 amide bonds. The predicted octanol–water partition coefficient (Wildman–Crippen LogP) is 11.3. The molecule has 2 heterocycles. The number of nitrogens with two attached hydrogens (primary N) is 1. The van der Waals surface area contributed by atoms with Crippen molar-refractivity contribution in [1.82, 2.24) is 0 Å². The van der Waals surface area contributed by atoms with E-state index in [-0.39, 0.29) is 19.4 Å². The minimum absolute atomic E-state index is 0.126. The Labute approximate surface area is 366 Å². The third-order valence-electron chi connectivity index (χ3n) is 11.2. The number of esters is 2. The fourth-order valence-electron chi connectivity index (χ4n) is 7.20. The summed E-state index contributed by atoms with van der Waals surface area (Å²) >= 11 is 0. The number of phosphoric ester groups is 1. The lowest BCUT2D eigenvalue weighted by Crippen LogP contribution is -2.34. The average molecular weight is 882 g/mol. The van der Waals surface area contributed by atoms with Gasteiger partial charge >= 0.3 is 25.7 Å². The number of furan rings is 2. The van der Waals surface area contributed by atoms with Crippen molar-refractivity contribution in [3.63, 3.8) is 0 Å². The Kier molecular flexibility index (Phi) is 28.3. The highest BCUT2D eigenvalue weighted by Gasteiger charge is 2.28. The maximum absolute atomic E-state index is 12.7. The van der Waals surface area contributed by atoms with Crippen molar-refractivity contribution in [1.29, 1.82) is 0 Å². The summed E-state index contributed by atoms with van der Waals surface area (Å²) in [6.45, 7) is 9.13. The zero-order valence-corrected chi connectivity index (χ0v) is 39.1. The van der Waals surface area contributed by atoms with Gasteiger partial charge < -0.3 is 34.0 Å². The minimum atomic E-state index is -4.74. The van der Waals surface area contributed by atoms with Crippen LogP contribution in [0.1, 0.15) is 195 Å². The molecule has 61 heavy (non-hydrogen) atoms. The lowest BCUT2D eigenvalue weighted by molar-refractivity contribution is -0.161. The second-order valence-corrected chi connectivity index (χ2v) is 18.1. The van der Waals surface area contributed by atoms with E-state index in [1.165, 1.54) is 48.8 Å². The summed E-state index contributed by atoms with van der Waals surface area (Å²) in [6, 6.07) is 0.632. The van der Waals surface area contributed by atoms with Gasteiger partial charge in [-0.1, -0.05) is 104 Å². The number of carbonyl (C=O) groups excluding carboxylic acids is 2. The third kappa shape index (κ3) is 24.5. The van der Waals surface area contributed by atoms with E-state index in [4.69, 9.17) is 33.7 Å². The molecule has 2 rings (SSSR count). The Morgan fingerprint density at radius 1 is 0.623 bits per heavy atom. The molecular formula is C47H80NO12P. The molecule has 350 valence electrons. The van der Waals surface area contributed by atoms with E-state index >= 15 is 0 Å². The van der Waals surface area contributed by atoms with Gasteiger partial charge in [-0.25, -0.2) is 4.57 Å². The second kappa shape index (κ2) is 31.8. The summed E-state index contributed by atoms with van der Waals surface area (Å²) in [5, 5.41) is 8.93. The third-order valence-corrected chi connectivity index (χ3v) is 12.2. The standard InChI is InChI=1S/C47H80NO12P/c1-6-8-20-26-39-32-36(3)42(58-39)27-22-16-14-15-19-25-31-46(50)59-40(34-56-61(53,54)57-35-41(48)47(51)52)33-55-45(49)30-24-18-13-11-10-12-17-23-29-44-38(5)37(4)43(60-44)28-21-9-7-2/h32,40-41H,6-31,33-35,48H2,1-5H3,(H,51,52)(H,53,54).